The van der Waals surface area contributed by atoms with E-state index in [1.54, 1.807) is 6.20 Å². The highest BCUT2D eigenvalue weighted by molar-refractivity contribution is 9.10. The summed E-state index contributed by atoms with van der Waals surface area (Å²) in [6.45, 7) is 0.523. The molecule has 0 spiro atoms. The summed E-state index contributed by atoms with van der Waals surface area (Å²) in [5, 5.41) is 12.0. The second-order valence-corrected chi connectivity index (χ2v) is 7.22. The first kappa shape index (κ1) is 18.2. The Labute approximate surface area is 169 Å². The fraction of sp³-hybridized carbons (Fsp3) is 0.150. The number of hydrogen-bond acceptors (Lipinski definition) is 5. The van der Waals surface area contributed by atoms with Crippen molar-refractivity contribution in [1.29, 1.82) is 0 Å². The predicted octanol–water partition coefficient (Wildman–Crippen LogP) is 4.61. The number of anilines is 1. The van der Waals surface area contributed by atoms with Crippen molar-refractivity contribution in [2.75, 3.05) is 5.32 Å². The molecule has 3 aromatic heterocycles. The number of aromatic nitrogens is 3. The van der Waals surface area contributed by atoms with Gasteiger partial charge in [0.2, 0.25) is 0 Å². The van der Waals surface area contributed by atoms with Crippen molar-refractivity contribution in [1.82, 2.24) is 15.0 Å². The van der Waals surface area contributed by atoms with Gasteiger partial charge in [-0.25, -0.2) is 9.97 Å². The van der Waals surface area contributed by atoms with E-state index in [4.69, 9.17) is 9.52 Å². The number of carboxylic acid groups (broad SMARTS) is 1. The van der Waals surface area contributed by atoms with Crippen LogP contribution in [0.1, 0.15) is 17.9 Å². The van der Waals surface area contributed by atoms with E-state index in [-0.39, 0.29) is 6.42 Å². The second kappa shape index (κ2) is 7.85. The molecule has 0 saturated heterocycles. The molecule has 7 nitrogen and oxygen atoms in total. The molecule has 0 unspecified atom stereocenters. The van der Waals surface area contributed by atoms with Crippen LogP contribution < -0.4 is 5.32 Å². The smallest absolute Gasteiger partial charge is 0.303 e. The van der Waals surface area contributed by atoms with E-state index in [0.29, 0.717) is 24.4 Å². The maximum Gasteiger partial charge on any atom is 0.303 e. The number of rotatable bonds is 7. The fourth-order valence-corrected chi connectivity index (χ4v) is 3.16. The van der Waals surface area contributed by atoms with Crippen molar-refractivity contribution in [2.24, 2.45) is 0 Å². The Morgan fingerprint density at radius 2 is 1.96 bits per heavy atom. The quantitative estimate of drug-likeness (QED) is 0.387. The standard InChI is InChI=1S/C20H17BrN4O3/c21-13-9-17-20(23-10-13)25-19(24-17)12-1-3-14(4-2-12)22-11-16-6-5-15(28-16)7-8-18(26)27/h1-6,9-10,22H,7-8,11H2,(H,26,27)(H,23,24,25). The van der Waals surface area contributed by atoms with Gasteiger partial charge in [-0.15, -0.1) is 0 Å². The van der Waals surface area contributed by atoms with Gasteiger partial charge in [0.15, 0.2) is 5.65 Å². The number of H-pyrrole nitrogens is 1. The minimum Gasteiger partial charge on any atom is -0.481 e. The highest BCUT2D eigenvalue weighted by Crippen LogP contribution is 2.23. The third kappa shape index (κ3) is 4.23. The van der Waals surface area contributed by atoms with Crippen molar-refractivity contribution in [3.63, 3.8) is 0 Å². The first-order valence-electron chi connectivity index (χ1n) is 8.72. The van der Waals surface area contributed by atoms with Gasteiger partial charge in [-0.05, 0) is 58.4 Å². The first-order chi connectivity index (χ1) is 13.6. The molecule has 1 aromatic carbocycles. The Morgan fingerprint density at radius 3 is 2.75 bits per heavy atom. The Morgan fingerprint density at radius 1 is 1.18 bits per heavy atom. The number of halogens is 1. The lowest BCUT2D eigenvalue weighted by Crippen LogP contribution is -1.98. The van der Waals surface area contributed by atoms with E-state index in [2.05, 4.69) is 36.2 Å². The van der Waals surface area contributed by atoms with Crippen LogP contribution in [0, 0.1) is 0 Å². The van der Waals surface area contributed by atoms with E-state index in [1.807, 2.05) is 42.5 Å². The molecule has 0 saturated carbocycles. The van der Waals surface area contributed by atoms with Crippen molar-refractivity contribution in [3.8, 4) is 11.4 Å². The zero-order valence-corrected chi connectivity index (χ0v) is 16.4. The van der Waals surface area contributed by atoms with Gasteiger partial charge in [0, 0.05) is 28.3 Å². The summed E-state index contributed by atoms with van der Waals surface area (Å²) in [5.41, 5.74) is 3.47. The molecule has 0 fully saturated rings. The monoisotopic (exact) mass is 440 g/mol. The number of aliphatic carboxylic acids is 1. The van der Waals surface area contributed by atoms with Crippen LogP contribution in [0.5, 0.6) is 0 Å². The van der Waals surface area contributed by atoms with E-state index >= 15 is 0 Å². The van der Waals surface area contributed by atoms with Crippen LogP contribution in [0.15, 0.2) is 57.6 Å². The first-order valence-corrected chi connectivity index (χ1v) is 9.51. The molecular weight excluding hydrogens is 424 g/mol. The van der Waals surface area contributed by atoms with Gasteiger partial charge in [0.05, 0.1) is 18.5 Å². The lowest BCUT2D eigenvalue weighted by Gasteiger charge is -2.05. The van der Waals surface area contributed by atoms with Crippen LogP contribution in [0.2, 0.25) is 0 Å². The highest BCUT2D eigenvalue weighted by atomic mass is 79.9. The number of nitrogens with one attached hydrogen (secondary N) is 2. The van der Waals surface area contributed by atoms with Gasteiger partial charge in [-0.1, -0.05) is 0 Å². The van der Waals surface area contributed by atoms with Crippen molar-refractivity contribution < 1.29 is 14.3 Å². The van der Waals surface area contributed by atoms with E-state index in [1.165, 1.54) is 0 Å². The van der Waals surface area contributed by atoms with Gasteiger partial charge < -0.3 is 19.8 Å². The topological polar surface area (TPSA) is 104 Å². The number of imidazole rings is 1. The molecule has 0 amide bonds. The number of fused-ring (bicyclic) bond motifs is 1. The minimum atomic E-state index is -0.830. The molecule has 0 aliphatic carbocycles. The van der Waals surface area contributed by atoms with Gasteiger partial charge in [-0.3, -0.25) is 4.79 Å². The Hall–Kier alpha value is -3.13. The molecule has 4 aromatic rings. The molecule has 0 radical (unpaired) electrons. The van der Waals surface area contributed by atoms with Gasteiger partial charge in [-0.2, -0.15) is 0 Å². The van der Waals surface area contributed by atoms with Gasteiger partial charge >= 0.3 is 5.97 Å². The molecule has 0 aliphatic rings. The molecule has 0 bridgehead atoms. The number of nitrogens with zero attached hydrogens (tertiary/aromatic N) is 2. The SMILES string of the molecule is O=C(O)CCc1ccc(CNc2ccc(-c3nc4ncc(Br)cc4[nH]3)cc2)o1. The molecule has 142 valence electrons. The summed E-state index contributed by atoms with van der Waals surface area (Å²) in [4.78, 5) is 22.7. The molecule has 3 N–H and O–H groups in total. The van der Waals surface area contributed by atoms with Crippen LogP contribution in [-0.4, -0.2) is 26.0 Å². The minimum absolute atomic E-state index is 0.0656. The van der Waals surface area contributed by atoms with Crippen LogP contribution >= 0.6 is 15.9 Å². The number of aromatic amines is 1. The van der Waals surface area contributed by atoms with Gasteiger partial charge in [0.25, 0.3) is 0 Å². The average Bonchev–Trinajstić information content (AvgIpc) is 3.31. The maximum atomic E-state index is 10.6. The zero-order valence-electron chi connectivity index (χ0n) is 14.8. The fourth-order valence-electron chi connectivity index (χ4n) is 2.83. The van der Waals surface area contributed by atoms with E-state index < -0.39 is 5.97 Å². The Balaban J connectivity index is 1.39. The normalized spacial score (nSPS) is 11.0. The Kier molecular flexibility index (Phi) is 5.12. The molecule has 8 heteroatoms. The van der Waals surface area contributed by atoms with Crippen molar-refractivity contribution in [2.45, 2.75) is 19.4 Å². The number of pyridine rings is 1. The van der Waals surface area contributed by atoms with Crippen LogP contribution in [0.4, 0.5) is 5.69 Å². The van der Waals surface area contributed by atoms with Crippen molar-refractivity contribution >= 4 is 38.8 Å². The van der Waals surface area contributed by atoms with E-state index in [0.717, 1.165) is 32.8 Å². The summed E-state index contributed by atoms with van der Waals surface area (Å²) >= 11 is 3.41. The summed E-state index contributed by atoms with van der Waals surface area (Å²) in [5.74, 6) is 1.38. The summed E-state index contributed by atoms with van der Waals surface area (Å²) in [7, 11) is 0. The Bertz CT molecular complexity index is 1120. The lowest BCUT2D eigenvalue weighted by molar-refractivity contribution is -0.137. The average molecular weight is 441 g/mol. The summed E-state index contributed by atoms with van der Waals surface area (Å²) in [6.07, 6.45) is 2.19. The number of hydrogen-bond donors (Lipinski definition) is 3. The molecular formula is C20H17BrN4O3. The second-order valence-electron chi connectivity index (χ2n) is 6.30. The van der Waals surface area contributed by atoms with Crippen LogP contribution in [0.3, 0.4) is 0 Å². The zero-order chi connectivity index (χ0) is 19.5. The van der Waals surface area contributed by atoms with E-state index in [9.17, 15) is 4.79 Å². The third-order valence-corrected chi connectivity index (χ3v) is 4.67. The molecule has 3 heterocycles. The number of benzene rings is 1. The lowest BCUT2D eigenvalue weighted by atomic mass is 10.2. The number of carboxylic acids is 1. The molecule has 0 atom stereocenters. The predicted molar refractivity (Wildman–Crippen MR) is 109 cm³/mol. The molecule has 4 rings (SSSR count). The highest BCUT2D eigenvalue weighted by Gasteiger charge is 2.08. The van der Waals surface area contributed by atoms with Gasteiger partial charge in [0.1, 0.15) is 17.3 Å². The summed E-state index contributed by atoms with van der Waals surface area (Å²) < 4.78 is 6.54. The molecule has 0 aliphatic heterocycles. The number of aryl methyl sites for hydroxylation is 1. The largest absolute Gasteiger partial charge is 0.481 e. The molecule has 28 heavy (non-hydrogen) atoms. The van der Waals surface area contributed by atoms with Crippen LogP contribution in [-0.2, 0) is 17.8 Å². The summed E-state index contributed by atoms with van der Waals surface area (Å²) in [6, 6.07) is 13.5. The maximum absolute atomic E-state index is 10.6. The van der Waals surface area contributed by atoms with Crippen LogP contribution in [0.25, 0.3) is 22.6 Å². The van der Waals surface area contributed by atoms with Crippen molar-refractivity contribution in [3.05, 3.63) is 64.7 Å². The number of carbonyl (C=O) groups is 1. The third-order valence-electron chi connectivity index (χ3n) is 4.23. The number of furan rings is 1.